The molecular weight excluding hydrogens is 552 g/mol. The summed E-state index contributed by atoms with van der Waals surface area (Å²) in [6.45, 7) is 5.82. The molecule has 4 rings (SSSR count). The molecule has 2 N–H and O–H groups in total. The summed E-state index contributed by atoms with van der Waals surface area (Å²) in [5.41, 5.74) is 5.78. The Morgan fingerprint density at radius 3 is 2.49 bits per heavy atom. The largest absolute Gasteiger partial charge is 0.507 e. The first-order chi connectivity index (χ1) is 18.0. The number of nitrogens with zero attached hydrogens (tertiary/aromatic N) is 5. The van der Waals surface area contributed by atoms with Crippen molar-refractivity contribution < 1.29 is 9.90 Å². The Labute approximate surface area is 228 Å². The molecule has 190 valence electrons. The average molecular weight is 580 g/mol. The van der Waals surface area contributed by atoms with E-state index in [1.165, 1.54) is 18.0 Å². The first-order valence-electron chi connectivity index (χ1n) is 11.8. The van der Waals surface area contributed by atoms with Crippen LogP contribution in [0.1, 0.15) is 19.4 Å². The Hall–Kier alpha value is -3.63. The highest BCUT2D eigenvalue weighted by Gasteiger charge is 2.17. The van der Waals surface area contributed by atoms with Gasteiger partial charge in [0.2, 0.25) is 0 Å². The summed E-state index contributed by atoms with van der Waals surface area (Å²) in [5, 5.41) is 23.7. The predicted molar refractivity (Wildman–Crippen MR) is 153 cm³/mol. The zero-order valence-corrected chi connectivity index (χ0v) is 22.9. The fraction of sp³-hybridized carbons (Fsp3) is 0.185. The first kappa shape index (κ1) is 26.4. The van der Waals surface area contributed by atoms with Gasteiger partial charge in [0.05, 0.1) is 12.0 Å². The molecule has 0 fully saturated rings. The summed E-state index contributed by atoms with van der Waals surface area (Å²) in [4.78, 5) is 14.6. The Kier molecular flexibility index (Phi) is 8.97. The lowest BCUT2D eigenvalue weighted by molar-refractivity contribution is -0.118. The van der Waals surface area contributed by atoms with Gasteiger partial charge in [0.1, 0.15) is 5.75 Å². The molecule has 0 bridgehead atoms. The summed E-state index contributed by atoms with van der Waals surface area (Å²) in [7, 11) is 0. The van der Waals surface area contributed by atoms with Crippen LogP contribution in [0.15, 0.2) is 87.5 Å². The lowest BCUT2D eigenvalue weighted by atomic mass is 10.2. The number of hydrogen-bond donors (Lipinski definition) is 2. The molecule has 0 spiro atoms. The minimum absolute atomic E-state index is 0.0909. The van der Waals surface area contributed by atoms with Crippen LogP contribution in [0.3, 0.4) is 0 Å². The van der Waals surface area contributed by atoms with Crippen LogP contribution in [0, 0.1) is 0 Å². The minimum Gasteiger partial charge on any atom is -0.507 e. The molecule has 10 heteroatoms. The van der Waals surface area contributed by atoms with E-state index in [1.807, 2.05) is 65.2 Å². The van der Waals surface area contributed by atoms with Crippen molar-refractivity contribution in [1.29, 1.82) is 0 Å². The van der Waals surface area contributed by atoms with Crippen LogP contribution in [0.2, 0.25) is 0 Å². The fourth-order valence-electron chi connectivity index (χ4n) is 3.72. The number of phenolic OH excluding ortho intramolecular Hbond substituents is 1. The Morgan fingerprint density at radius 2 is 1.81 bits per heavy atom. The van der Waals surface area contributed by atoms with Crippen molar-refractivity contribution >= 4 is 45.5 Å². The maximum atomic E-state index is 12.5. The molecule has 0 saturated heterocycles. The van der Waals surface area contributed by atoms with Crippen LogP contribution in [0.25, 0.3) is 17.1 Å². The molecular formula is C27H27BrN6O2S. The number of nitrogens with one attached hydrogen (secondary N) is 1. The highest BCUT2D eigenvalue weighted by Crippen LogP contribution is 2.28. The van der Waals surface area contributed by atoms with E-state index in [4.69, 9.17) is 0 Å². The van der Waals surface area contributed by atoms with Gasteiger partial charge in [-0.25, -0.2) is 5.43 Å². The molecule has 0 aliphatic carbocycles. The van der Waals surface area contributed by atoms with Gasteiger partial charge in [-0.3, -0.25) is 9.36 Å². The molecule has 37 heavy (non-hydrogen) atoms. The van der Waals surface area contributed by atoms with Gasteiger partial charge >= 0.3 is 0 Å². The van der Waals surface area contributed by atoms with Crippen molar-refractivity contribution in [3.63, 3.8) is 0 Å². The molecule has 1 heterocycles. The van der Waals surface area contributed by atoms with Crippen molar-refractivity contribution in [2.24, 2.45) is 5.10 Å². The minimum atomic E-state index is -0.299. The fourth-order valence-corrected chi connectivity index (χ4v) is 4.73. The quantitative estimate of drug-likeness (QED) is 0.147. The van der Waals surface area contributed by atoms with Crippen LogP contribution in [-0.4, -0.2) is 50.8 Å². The monoisotopic (exact) mass is 578 g/mol. The number of carbonyl (C=O) groups is 1. The van der Waals surface area contributed by atoms with Gasteiger partial charge in [-0.05, 0) is 50.2 Å². The zero-order chi connectivity index (χ0) is 26.2. The van der Waals surface area contributed by atoms with Crippen molar-refractivity contribution in [2.45, 2.75) is 19.0 Å². The number of benzene rings is 3. The van der Waals surface area contributed by atoms with Crippen molar-refractivity contribution in [1.82, 2.24) is 20.2 Å². The van der Waals surface area contributed by atoms with Gasteiger partial charge in [-0.15, -0.1) is 10.2 Å². The topological polar surface area (TPSA) is 95.6 Å². The van der Waals surface area contributed by atoms with E-state index in [0.29, 0.717) is 16.5 Å². The van der Waals surface area contributed by atoms with Crippen LogP contribution >= 0.6 is 27.7 Å². The summed E-state index contributed by atoms with van der Waals surface area (Å²) >= 11 is 4.74. The third kappa shape index (κ3) is 6.58. The number of hydrogen-bond acceptors (Lipinski definition) is 7. The Morgan fingerprint density at radius 1 is 1.08 bits per heavy atom. The second-order valence-electron chi connectivity index (χ2n) is 7.98. The van der Waals surface area contributed by atoms with Gasteiger partial charge in [0, 0.05) is 46.1 Å². The molecule has 3 aromatic carbocycles. The third-order valence-electron chi connectivity index (χ3n) is 5.62. The molecule has 0 aliphatic rings. The van der Waals surface area contributed by atoms with Gasteiger partial charge < -0.3 is 10.0 Å². The van der Waals surface area contributed by atoms with E-state index >= 15 is 0 Å². The molecule has 1 amide bonds. The van der Waals surface area contributed by atoms with Crippen LogP contribution in [0.4, 0.5) is 5.69 Å². The third-order valence-corrected chi connectivity index (χ3v) is 7.08. The molecule has 0 radical (unpaired) electrons. The van der Waals surface area contributed by atoms with Gasteiger partial charge in [0.25, 0.3) is 5.91 Å². The molecule has 1 aromatic heterocycles. The predicted octanol–water partition coefficient (Wildman–Crippen LogP) is 5.49. The van der Waals surface area contributed by atoms with Crippen LogP contribution in [-0.2, 0) is 4.79 Å². The zero-order valence-electron chi connectivity index (χ0n) is 20.5. The van der Waals surface area contributed by atoms with Gasteiger partial charge in [0.15, 0.2) is 11.0 Å². The molecule has 8 nitrogen and oxygen atoms in total. The number of aromatic nitrogens is 3. The number of halogens is 1. The average Bonchev–Trinajstić information content (AvgIpc) is 3.34. The van der Waals surface area contributed by atoms with Gasteiger partial charge in [-0.1, -0.05) is 58.0 Å². The molecule has 0 aliphatic heterocycles. The lowest BCUT2D eigenvalue weighted by Gasteiger charge is -2.21. The van der Waals surface area contributed by atoms with Crippen molar-refractivity contribution in [3.8, 4) is 22.8 Å². The highest BCUT2D eigenvalue weighted by atomic mass is 79.9. The number of hydrazone groups is 1. The number of carbonyl (C=O) groups excluding carboxylic acids is 1. The molecule has 4 aromatic rings. The van der Waals surface area contributed by atoms with E-state index in [9.17, 15) is 9.90 Å². The van der Waals surface area contributed by atoms with Crippen LogP contribution in [0.5, 0.6) is 5.75 Å². The highest BCUT2D eigenvalue weighted by molar-refractivity contribution is 9.10. The maximum absolute atomic E-state index is 12.5. The van der Waals surface area contributed by atoms with E-state index in [2.05, 4.69) is 55.4 Å². The summed E-state index contributed by atoms with van der Waals surface area (Å²) in [5.74, 6) is 0.584. The van der Waals surface area contributed by atoms with E-state index < -0.39 is 0 Å². The standard InChI is InChI=1S/C27H27BrN6O2S/c1-3-33(4-2)23-13-10-20(24(35)16-23)17-29-30-25(36)18-37-27-32-31-26(19-8-6-5-7-9-19)34(27)22-14-11-21(28)12-15-22/h5-17,35H,3-4,18H2,1-2H3,(H,30,36)/b29-17+. The number of aromatic hydroxyl groups is 1. The van der Waals surface area contributed by atoms with E-state index in [0.717, 1.165) is 34.5 Å². The first-order valence-corrected chi connectivity index (χ1v) is 13.6. The van der Waals surface area contributed by atoms with Crippen LogP contribution < -0.4 is 10.3 Å². The SMILES string of the molecule is CCN(CC)c1ccc(/C=N/NC(=O)CSc2nnc(-c3ccccc3)n2-c2ccc(Br)cc2)c(O)c1. The second-order valence-corrected chi connectivity index (χ2v) is 9.84. The van der Waals surface area contributed by atoms with E-state index in [-0.39, 0.29) is 17.4 Å². The maximum Gasteiger partial charge on any atom is 0.250 e. The number of anilines is 1. The van der Waals surface area contributed by atoms with Crippen molar-refractivity contribution in [3.05, 3.63) is 82.8 Å². The lowest BCUT2D eigenvalue weighted by Crippen LogP contribution is -2.21. The molecule has 0 unspecified atom stereocenters. The summed E-state index contributed by atoms with van der Waals surface area (Å²) < 4.78 is 2.89. The van der Waals surface area contributed by atoms with Gasteiger partial charge in [-0.2, -0.15) is 5.10 Å². The van der Waals surface area contributed by atoms with E-state index in [1.54, 1.807) is 12.1 Å². The number of thioether (sulfide) groups is 1. The number of phenols is 1. The molecule has 0 atom stereocenters. The van der Waals surface area contributed by atoms with Crippen molar-refractivity contribution in [2.75, 3.05) is 23.7 Å². The molecule has 0 saturated carbocycles. The summed E-state index contributed by atoms with van der Waals surface area (Å²) in [6, 6.07) is 23.0. The number of rotatable bonds is 10. The Bertz CT molecular complexity index is 1370. The number of amides is 1. The normalized spacial score (nSPS) is 11.1. The summed E-state index contributed by atoms with van der Waals surface area (Å²) in [6.07, 6.45) is 1.43. The second kappa shape index (κ2) is 12.6. The Balaban J connectivity index is 1.44. The smallest absolute Gasteiger partial charge is 0.250 e.